The SMILES string of the molecule is COc1ccccc1CNN=c1c(=O)c(=O)c(=NNCc2ccccc2OC)c2cc(S(=O)(=O)O)ccc12. The van der Waals surface area contributed by atoms with Gasteiger partial charge in [-0.25, -0.2) is 0 Å². The highest BCUT2D eigenvalue weighted by Crippen LogP contribution is 2.18. The summed E-state index contributed by atoms with van der Waals surface area (Å²) < 4.78 is 43.7. The van der Waals surface area contributed by atoms with Crippen molar-refractivity contribution in [1.29, 1.82) is 0 Å². The maximum absolute atomic E-state index is 13.1. The molecule has 12 heteroatoms. The van der Waals surface area contributed by atoms with Crippen LogP contribution in [0.2, 0.25) is 0 Å². The Labute approximate surface area is 217 Å². The lowest BCUT2D eigenvalue weighted by Crippen LogP contribution is -2.49. The Morgan fingerprint density at radius 3 is 1.68 bits per heavy atom. The van der Waals surface area contributed by atoms with Crippen LogP contribution in [0.25, 0.3) is 10.8 Å². The van der Waals surface area contributed by atoms with E-state index < -0.39 is 25.9 Å². The second-order valence-corrected chi connectivity index (χ2v) is 9.48. The highest BCUT2D eigenvalue weighted by atomic mass is 32.2. The molecule has 0 atom stereocenters. The molecule has 0 saturated carbocycles. The van der Waals surface area contributed by atoms with Gasteiger partial charge in [-0.05, 0) is 24.3 Å². The molecule has 0 radical (unpaired) electrons. The number of para-hydroxylation sites is 2. The Kier molecular flexibility index (Phi) is 7.84. The van der Waals surface area contributed by atoms with Crippen molar-refractivity contribution in [2.75, 3.05) is 14.2 Å². The fraction of sp³-hybridized carbons (Fsp3) is 0.154. The predicted molar refractivity (Wildman–Crippen MR) is 139 cm³/mol. The molecule has 4 aromatic carbocycles. The van der Waals surface area contributed by atoms with Crippen LogP contribution in [0.4, 0.5) is 0 Å². The van der Waals surface area contributed by atoms with E-state index in [9.17, 15) is 22.6 Å². The first kappa shape index (κ1) is 26.5. The summed E-state index contributed by atoms with van der Waals surface area (Å²) in [7, 11) is -1.55. The minimum absolute atomic E-state index is 0.0232. The van der Waals surface area contributed by atoms with E-state index >= 15 is 0 Å². The topological polar surface area (TPSA) is 156 Å². The van der Waals surface area contributed by atoms with E-state index in [1.165, 1.54) is 20.3 Å². The van der Waals surface area contributed by atoms with Crippen molar-refractivity contribution in [3.63, 3.8) is 0 Å². The maximum atomic E-state index is 13.1. The zero-order valence-electron chi connectivity index (χ0n) is 20.5. The molecule has 0 aromatic heterocycles. The largest absolute Gasteiger partial charge is 0.496 e. The van der Waals surface area contributed by atoms with Crippen molar-refractivity contribution in [1.82, 2.24) is 10.9 Å². The summed E-state index contributed by atoms with van der Waals surface area (Å²) in [6.07, 6.45) is 0. The lowest BCUT2D eigenvalue weighted by atomic mass is 10.1. The monoisotopic (exact) mass is 536 g/mol. The molecular weight excluding hydrogens is 512 g/mol. The van der Waals surface area contributed by atoms with Crippen LogP contribution in [-0.2, 0) is 23.2 Å². The lowest BCUT2D eigenvalue weighted by Gasteiger charge is -2.08. The molecule has 4 aromatic rings. The van der Waals surface area contributed by atoms with Crippen LogP contribution in [0.15, 0.2) is 91.4 Å². The minimum atomic E-state index is -4.60. The van der Waals surface area contributed by atoms with Gasteiger partial charge in [0.05, 0.1) is 32.2 Å². The molecule has 0 aliphatic rings. The van der Waals surface area contributed by atoms with E-state index in [1.807, 2.05) is 18.2 Å². The average molecular weight is 537 g/mol. The molecule has 4 rings (SSSR count). The molecular formula is C26H24N4O7S. The van der Waals surface area contributed by atoms with E-state index in [4.69, 9.17) is 9.47 Å². The summed E-state index contributed by atoms with van der Waals surface area (Å²) in [6.45, 7) is 0.346. The first-order valence-electron chi connectivity index (χ1n) is 11.3. The number of ether oxygens (including phenoxy) is 2. The summed E-state index contributed by atoms with van der Waals surface area (Å²) in [5.41, 5.74) is 5.10. The third-order valence-electron chi connectivity index (χ3n) is 5.74. The van der Waals surface area contributed by atoms with Gasteiger partial charge in [0.1, 0.15) is 22.2 Å². The zero-order valence-corrected chi connectivity index (χ0v) is 21.3. The molecule has 0 amide bonds. The molecule has 0 unspecified atom stereocenters. The Morgan fingerprint density at radius 2 is 1.21 bits per heavy atom. The summed E-state index contributed by atoms with van der Waals surface area (Å²) in [5.74, 6) is 1.20. The number of nitrogens with one attached hydrogen (secondary N) is 2. The van der Waals surface area contributed by atoms with Crippen molar-refractivity contribution < 1.29 is 22.4 Å². The summed E-state index contributed by atoms with van der Waals surface area (Å²) in [6, 6.07) is 17.8. The van der Waals surface area contributed by atoms with Gasteiger partial charge in [-0.1, -0.05) is 42.5 Å². The third kappa shape index (κ3) is 5.56. The summed E-state index contributed by atoms with van der Waals surface area (Å²) in [5, 5.41) is 7.92. The molecule has 0 spiro atoms. The smallest absolute Gasteiger partial charge is 0.294 e. The first-order chi connectivity index (χ1) is 18.2. The molecule has 0 bridgehead atoms. The Morgan fingerprint density at radius 1 is 0.737 bits per heavy atom. The maximum Gasteiger partial charge on any atom is 0.294 e. The number of benzene rings is 4. The Hall–Kier alpha value is -4.55. The van der Waals surface area contributed by atoms with Crippen LogP contribution in [-0.4, -0.2) is 27.2 Å². The van der Waals surface area contributed by atoms with Crippen LogP contribution < -0.4 is 41.9 Å². The number of hydrogen-bond donors (Lipinski definition) is 3. The van der Waals surface area contributed by atoms with Crippen LogP contribution in [0.5, 0.6) is 11.5 Å². The minimum Gasteiger partial charge on any atom is -0.496 e. The molecule has 196 valence electrons. The zero-order chi connectivity index (χ0) is 27.3. The summed E-state index contributed by atoms with van der Waals surface area (Å²) in [4.78, 5) is 25.7. The van der Waals surface area contributed by atoms with Crippen LogP contribution in [0.3, 0.4) is 0 Å². The van der Waals surface area contributed by atoms with E-state index in [1.54, 1.807) is 30.3 Å². The lowest BCUT2D eigenvalue weighted by molar-refractivity contribution is 0.408. The van der Waals surface area contributed by atoms with E-state index in [0.717, 1.165) is 23.3 Å². The van der Waals surface area contributed by atoms with Gasteiger partial charge in [-0.15, -0.1) is 0 Å². The fourth-order valence-corrected chi connectivity index (χ4v) is 4.38. The van der Waals surface area contributed by atoms with Gasteiger partial charge in [-0.3, -0.25) is 14.1 Å². The normalized spacial score (nSPS) is 12.5. The van der Waals surface area contributed by atoms with Crippen molar-refractivity contribution in [3.8, 4) is 11.5 Å². The van der Waals surface area contributed by atoms with Gasteiger partial charge in [0.25, 0.3) is 21.0 Å². The van der Waals surface area contributed by atoms with Gasteiger partial charge < -0.3 is 20.3 Å². The predicted octanol–water partition coefficient (Wildman–Crippen LogP) is 0.911. The quantitative estimate of drug-likeness (QED) is 0.161. The molecule has 3 N–H and O–H groups in total. The van der Waals surface area contributed by atoms with Gasteiger partial charge in [0.2, 0.25) is 0 Å². The van der Waals surface area contributed by atoms with Crippen molar-refractivity contribution in [3.05, 3.63) is 109 Å². The highest BCUT2D eigenvalue weighted by molar-refractivity contribution is 7.85. The molecule has 0 heterocycles. The molecule has 0 saturated heterocycles. The van der Waals surface area contributed by atoms with Crippen LogP contribution >= 0.6 is 0 Å². The van der Waals surface area contributed by atoms with Gasteiger partial charge in [0.15, 0.2) is 0 Å². The molecule has 38 heavy (non-hydrogen) atoms. The molecule has 0 aliphatic carbocycles. The van der Waals surface area contributed by atoms with Crippen molar-refractivity contribution in [2.45, 2.75) is 18.0 Å². The number of nitrogens with zero attached hydrogens (tertiary/aromatic N) is 2. The van der Waals surface area contributed by atoms with Crippen LogP contribution in [0.1, 0.15) is 11.1 Å². The number of hydrogen-bond acceptors (Lipinski definition) is 10. The second kappa shape index (κ2) is 11.2. The van der Waals surface area contributed by atoms with E-state index in [0.29, 0.717) is 11.5 Å². The van der Waals surface area contributed by atoms with Gasteiger partial charge in [0, 0.05) is 21.9 Å². The van der Waals surface area contributed by atoms with Gasteiger partial charge >= 0.3 is 0 Å². The second-order valence-electron chi connectivity index (χ2n) is 8.05. The number of methoxy groups -OCH3 is 2. The van der Waals surface area contributed by atoms with Crippen LogP contribution in [0, 0.1) is 0 Å². The first-order valence-corrected chi connectivity index (χ1v) is 12.7. The van der Waals surface area contributed by atoms with Gasteiger partial charge in [-0.2, -0.15) is 18.6 Å². The van der Waals surface area contributed by atoms with Crippen molar-refractivity contribution in [2.24, 2.45) is 10.2 Å². The van der Waals surface area contributed by atoms with E-state index in [-0.39, 0.29) is 34.6 Å². The van der Waals surface area contributed by atoms with E-state index in [2.05, 4.69) is 21.1 Å². The third-order valence-corrected chi connectivity index (χ3v) is 6.59. The number of rotatable bonds is 9. The Balaban J connectivity index is 1.82. The fourth-order valence-electron chi connectivity index (χ4n) is 3.87. The number of fused-ring (bicyclic) bond motifs is 1. The Bertz CT molecular complexity index is 1830. The molecule has 0 aliphatic heterocycles. The van der Waals surface area contributed by atoms with Crippen molar-refractivity contribution >= 4 is 20.9 Å². The highest BCUT2D eigenvalue weighted by Gasteiger charge is 2.16. The molecule has 0 fully saturated rings. The standard InChI is InChI=1S/C26H24N4O7S/c1-36-21-9-5-3-7-16(21)14-27-29-23-19-12-11-18(38(33,34)35)13-20(19)24(26(32)25(23)31)30-28-15-17-8-4-6-10-22(17)37-2/h3-13,27-28H,14-15H2,1-2H3,(H,33,34,35). The molecule has 11 nitrogen and oxygen atoms in total. The summed E-state index contributed by atoms with van der Waals surface area (Å²) >= 11 is 0. The average Bonchev–Trinajstić information content (AvgIpc) is 2.92.